The zero-order chi connectivity index (χ0) is 39.6. The second kappa shape index (κ2) is 13.6. The number of benzene rings is 9. The van der Waals surface area contributed by atoms with Gasteiger partial charge in [-0.15, -0.1) is 0 Å². The van der Waals surface area contributed by atoms with Gasteiger partial charge in [-0.05, 0) is 73.5 Å². The van der Waals surface area contributed by atoms with E-state index in [0.29, 0.717) is 17.5 Å². The van der Waals surface area contributed by atoms with Crippen LogP contribution in [0, 0.1) is 0 Å². The fourth-order valence-electron chi connectivity index (χ4n) is 9.59. The lowest BCUT2D eigenvalue weighted by molar-refractivity contribution is 0.665. The van der Waals surface area contributed by atoms with E-state index in [1.54, 1.807) is 0 Å². The van der Waals surface area contributed by atoms with Crippen LogP contribution < -0.4 is 0 Å². The summed E-state index contributed by atoms with van der Waals surface area (Å²) in [6, 6.07) is 75.1. The van der Waals surface area contributed by atoms with Gasteiger partial charge in [-0.1, -0.05) is 194 Å². The third-order valence-corrected chi connectivity index (χ3v) is 12.2. The maximum Gasteiger partial charge on any atom is 0.164 e. The molecule has 0 saturated heterocycles. The van der Waals surface area contributed by atoms with Crippen molar-refractivity contribution in [3.63, 3.8) is 0 Å². The van der Waals surface area contributed by atoms with Crippen molar-refractivity contribution in [2.45, 2.75) is 5.41 Å². The van der Waals surface area contributed by atoms with Gasteiger partial charge in [0, 0.05) is 27.5 Å². The van der Waals surface area contributed by atoms with Crippen LogP contribution in [0.25, 0.3) is 89.1 Å². The molecular weight excluding hydrogens is 731 g/mol. The monoisotopic (exact) mass is 765 g/mol. The van der Waals surface area contributed by atoms with E-state index in [1.807, 2.05) is 60.7 Å². The summed E-state index contributed by atoms with van der Waals surface area (Å²) in [4.78, 5) is 15.0. The lowest BCUT2D eigenvalue weighted by Gasteiger charge is -2.33. The topological polar surface area (TPSA) is 51.8 Å². The van der Waals surface area contributed by atoms with Gasteiger partial charge >= 0.3 is 0 Å². The van der Waals surface area contributed by atoms with Crippen LogP contribution in [0.5, 0.6) is 0 Å². The molecule has 1 aliphatic carbocycles. The van der Waals surface area contributed by atoms with E-state index in [1.165, 1.54) is 33.4 Å². The minimum atomic E-state index is -0.497. The maximum absolute atomic E-state index is 6.81. The van der Waals surface area contributed by atoms with Gasteiger partial charge in [0.25, 0.3) is 0 Å². The van der Waals surface area contributed by atoms with Crippen molar-refractivity contribution >= 4 is 32.7 Å². The summed E-state index contributed by atoms with van der Waals surface area (Å²) in [5.41, 5.74) is 13.8. The van der Waals surface area contributed by atoms with Gasteiger partial charge in [0.2, 0.25) is 0 Å². The summed E-state index contributed by atoms with van der Waals surface area (Å²) >= 11 is 0. The molecular formula is C56H35N3O. The molecule has 0 atom stereocenters. The van der Waals surface area contributed by atoms with Gasteiger partial charge in [-0.3, -0.25) is 0 Å². The first-order valence-electron chi connectivity index (χ1n) is 20.4. The quantitative estimate of drug-likeness (QED) is 0.169. The first-order valence-corrected chi connectivity index (χ1v) is 20.4. The van der Waals surface area contributed by atoms with E-state index >= 15 is 0 Å². The van der Waals surface area contributed by atoms with Crippen LogP contribution in [-0.4, -0.2) is 15.0 Å². The minimum absolute atomic E-state index is 0.497. The Hall–Kier alpha value is -7.95. The predicted molar refractivity (Wildman–Crippen MR) is 244 cm³/mol. The zero-order valence-corrected chi connectivity index (χ0v) is 32.5. The number of hydrogen-bond donors (Lipinski definition) is 0. The predicted octanol–water partition coefficient (Wildman–Crippen LogP) is 14.0. The number of rotatable bonds is 6. The van der Waals surface area contributed by atoms with Gasteiger partial charge < -0.3 is 4.42 Å². The summed E-state index contributed by atoms with van der Waals surface area (Å²) in [6.45, 7) is 0. The largest absolute Gasteiger partial charge is 0.456 e. The van der Waals surface area contributed by atoms with Crippen LogP contribution in [0.4, 0.5) is 0 Å². The van der Waals surface area contributed by atoms with Crippen molar-refractivity contribution in [1.29, 1.82) is 0 Å². The lowest BCUT2D eigenvalue weighted by Crippen LogP contribution is -2.28. The lowest BCUT2D eigenvalue weighted by atomic mass is 9.67. The molecule has 2 heterocycles. The Bertz CT molecular complexity index is 3330. The van der Waals surface area contributed by atoms with Crippen molar-refractivity contribution in [2.75, 3.05) is 0 Å². The molecule has 60 heavy (non-hydrogen) atoms. The van der Waals surface area contributed by atoms with E-state index in [2.05, 4.69) is 152 Å². The summed E-state index contributed by atoms with van der Waals surface area (Å²) in [5.74, 6) is 1.93. The first kappa shape index (κ1) is 34.1. The molecule has 280 valence electrons. The highest BCUT2D eigenvalue weighted by Gasteiger charge is 2.46. The number of furan rings is 1. The molecule has 0 spiro atoms. The third kappa shape index (κ3) is 5.21. The van der Waals surface area contributed by atoms with Crippen molar-refractivity contribution in [3.8, 4) is 56.4 Å². The van der Waals surface area contributed by atoms with Crippen LogP contribution in [0.1, 0.15) is 22.3 Å². The standard InChI is InChI=1S/C56H35N3O/c1-4-16-36(17-5-1)53-57-54(37-18-6-2-7-19-37)59-55(58-53)46-26-14-20-38-34-39(30-32-42(38)46)43-25-15-29-50-52(43)47-33-31-41(35-51(47)60-50)56(40-21-8-3-9-22-40)48-27-12-10-23-44(48)45-24-11-13-28-49(45)56/h1-35H. The summed E-state index contributed by atoms with van der Waals surface area (Å²) in [7, 11) is 0. The zero-order valence-electron chi connectivity index (χ0n) is 32.5. The Morgan fingerprint density at radius 1 is 0.333 bits per heavy atom. The molecule has 12 rings (SSSR count). The molecule has 4 nitrogen and oxygen atoms in total. The molecule has 4 heteroatoms. The molecule has 9 aromatic carbocycles. The van der Waals surface area contributed by atoms with Gasteiger partial charge in [0.15, 0.2) is 17.5 Å². The average molecular weight is 766 g/mol. The van der Waals surface area contributed by atoms with Gasteiger partial charge in [0.05, 0.1) is 5.41 Å². The summed E-state index contributed by atoms with van der Waals surface area (Å²) in [5, 5.41) is 4.37. The fraction of sp³-hybridized carbons (Fsp3) is 0.0179. The van der Waals surface area contributed by atoms with Crippen molar-refractivity contribution < 1.29 is 4.42 Å². The highest BCUT2D eigenvalue weighted by atomic mass is 16.3. The average Bonchev–Trinajstić information content (AvgIpc) is 3.85. The molecule has 0 aliphatic heterocycles. The fourth-order valence-corrected chi connectivity index (χ4v) is 9.59. The van der Waals surface area contributed by atoms with Crippen LogP contribution in [0.15, 0.2) is 217 Å². The van der Waals surface area contributed by atoms with Crippen molar-refractivity contribution in [3.05, 3.63) is 235 Å². The van der Waals surface area contributed by atoms with E-state index in [0.717, 1.165) is 60.5 Å². The highest BCUT2D eigenvalue weighted by Crippen LogP contribution is 2.56. The molecule has 1 aliphatic rings. The Morgan fingerprint density at radius 2 is 0.883 bits per heavy atom. The van der Waals surface area contributed by atoms with Gasteiger partial charge in [0.1, 0.15) is 11.2 Å². The van der Waals surface area contributed by atoms with Gasteiger partial charge in [-0.25, -0.2) is 15.0 Å². The molecule has 0 fully saturated rings. The van der Waals surface area contributed by atoms with Crippen molar-refractivity contribution in [2.24, 2.45) is 0 Å². The summed E-state index contributed by atoms with van der Waals surface area (Å²) < 4.78 is 6.81. The number of fused-ring (bicyclic) bond motifs is 7. The Morgan fingerprint density at radius 3 is 1.57 bits per heavy atom. The normalized spacial score (nSPS) is 12.8. The van der Waals surface area contributed by atoms with Crippen LogP contribution >= 0.6 is 0 Å². The Labute approximate surface area is 347 Å². The molecule has 0 unspecified atom stereocenters. The van der Waals surface area contributed by atoms with Crippen LogP contribution in [-0.2, 0) is 5.41 Å². The minimum Gasteiger partial charge on any atom is -0.456 e. The molecule has 0 saturated carbocycles. The maximum atomic E-state index is 6.81. The SMILES string of the molecule is c1ccc(-c2nc(-c3ccccc3)nc(-c3cccc4cc(-c5cccc6oc7cc(C8(c9ccccc9)c9ccccc9-c9ccccc98)ccc7c56)ccc34)n2)cc1. The number of nitrogens with zero attached hydrogens (tertiary/aromatic N) is 3. The molecule has 0 N–H and O–H groups in total. The number of hydrogen-bond acceptors (Lipinski definition) is 4. The Balaban J connectivity index is 1.00. The highest BCUT2D eigenvalue weighted by molar-refractivity contribution is 6.13. The number of aromatic nitrogens is 3. The molecule has 0 radical (unpaired) electrons. The molecule has 0 bridgehead atoms. The van der Waals surface area contributed by atoms with E-state index in [9.17, 15) is 0 Å². The first-order chi connectivity index (χ1) is 29.7. The second-order valence-corrected chi connectivity index (χ2v) is 15.5. The summed E-state index contributed by atoms with van der Waals surface area (Å²) in [6.07, 6.45) is 0. The molecule has 0 amide bonds. The van der Waals surface area contributed by atoms with Crippen molar-refractivity contribution in [1.82, 2.24) is 15.0 Å². The van der Waals surface area contributed by atoms with E-state index < -0.39 is 5.41 Å². The van der Waals surface area contributed by atoms with E-state index in [-0.39, 0.29) is 0 Å². The van der Waals surface area contributed by atoms with Crippen LogP contribution in [0.2, 0.25) is 0 Å². The smallest absolute Gasteiger partial charge is 0.164 e. The Kier molecular flexibility index (Phi) is 7.72. The van der Waals surface area contributed by atoms with Gasteiger partial charge in [-0.2, -0.15) is 0 Å². The molecule has 11 aromatic rings. The van der Waals surface area contributed by atoms with Crippen LogP contribution in [0.3, 0.4) is 0 Å². The van der Waals surface area contributed by atoms with E-state index in [4.69, 9.17) is 19.4 Å². The third-order valence-electron chi connectivity index (χ3n) is 12.2. The second-order valence-electron chi connectivity index (χ2n) is 15.5. The molecule has 2 aromatic heterocycles.